The molecule has 0 fully saturated rings. The van der Waals surface area contributed by atoms with E-state index in [1.807, 2.05) is 6.07 Å². The molecule has 0 saturated carbocycles. The molecule has 3 nitrogen and oxygen atoms in total. The van der Waals surface area contributed by atoms with Crippen LogP contribution in [-0.2, 0) is 0 Å². The van der Waals surface area contributed by atoms with Gasteiger partial charge in [0.25, 0.3) is 0 Å². The van der Waals surface area contributed by atoms with Gasteiger partial charge in [-0.3, -0.25) is 0 Å². The summed E-state index contributed by atoms with van der Waals surface area (Å²) in [6, 6.07) is 5.09. The highest BCUT2D eigenvalue weighted by molar-refractivity contribution is 14.1. The first-order chi connectivity index (χ1) is 5.63. The van der Waals surface area contributed by atoms with Crippen LogP contribution in [0.4, 0.5) is 0 Å². The van der Waals surface area contributed by atoms with Crippen LogP contribution in [0.1, 0.15) is 0 Å². The summed E-state index contributed by atoms with van der Waals surface area (Å²) in [4.78, 5) is 0. The van der Waals surface area contributed by atoms with Gasteiger partial charge < -0.3 is 14.8 Å². The molecule has 0 saturated heterocycles. The van der Waals surface area contributed by atoms with Gasteiger partial charge in [-0.1, -0.05) is 0 Å². The number of hydrogen-bond acceptors (Lipinski definition) is 3. The second-order valence-electron chi connectivity index (χ2n) is 2.30. The van der Waals surface area contributed by atoms with Crippen LogP contribution in [0.15, 0.2) is 18.2 Å². The minimum Gasteiger partial charge on any atom is -0.497 e. The third kappa shape index (κ3) is 2.36. The summed E-state index contributed by atoms with van der Waals surface area (Å²) in [5, 5.41) is 17.7. The highest BCUT2D eigenvalue weighted by Gasteiger charge is 2.12. The largest absolute Gasteiger partial charge is 0.497 e. The van der Waals surface area contributed by atoms with Gasteiger partial charge >= 0.3 is 7.12 Å². The third-order valence-electron chi connectivity index (χ3n) is 1.43. The second-order valence-corrected chi connectivity index (χ2v) is 3.54. The maximum absolute atomic E-state index is 8.86. The Kier molecular flexibility index (Phi) is 3.36. The van der Waals surface area contributed by atoms with Crippen molar-refractivity contribution < 1.29 is 14.8 Å². The number of methoxy groups -OCH3 is 1. The fourth-order valence-electron chi connectivity index (χ4n) is 0.851. The predicted octanol–water partition coefficient (Wildman–Crippen LogP) is -0.0204. The first-order valence-electron chi connectivity index (χ1n) is 3.34. The average molecular weight is 278 g/mol. The molecule has 5 heteroatoms. The Morgan fingerprint density at radius 2 is 2.00 bits per heavy atom. The lowest BCUT2D eigenvalue weighted by Gasteiger charge is -2.04. The molecule has 0 unspecified atom stereocenters. The van der Waals surface area contributed by atoms with E-state index in [4.69, 9.17) is 14.8 Å². The van der Waals surface area contributed by atoms with Gasteiger partial charge in [0.1, 0.15) is 5.75 Å². The van der Waals surface area contributed by atoms with Crippen molar-refractivity contribution in [2.75, 3.05) is 7.11 Å². The molecule has 12 heavy (non-hydrogen) atoms. The smallest absolute Gasteiger partial charge is 0.488 e. The van der Waals surface area contributed by atoms with Crippen molar-refractivity contribution in [2.24, 2.45) is 0 Å². The Labute approximate surface area is 84.7 Å². The molecule has 0 radical (unpaired) electrons. The van der Waals surface area contributed by atoms with Gasteiger partial charge in [-0.15, -0.1) is 0 Å². The van der Waals surface area contributed by atoms with Gasteiger partial charge in [0.2, 0.25) is 0 Å². The van der Waals surface area contributed by atoms with Gasteiger partial charge in [-0.2, -0.15) is 0 Å². The van der Waals surface area contributed by atoms with Gasteiger partial charge in [-0.25, -0.2) is 0 Å². The Morgan fingerprint density at radius 3 is 2.50 bits per heavy atom. The summed E-state index contributed by atoms with van der Waals surface area (Å²) in [5.74, 6) is 0.630. The standard InChI is InChI=1S/C7H8BIO3/c1-12-7-3-5(8(10)11)2-6(9)4-7/h2-4,10-11H,1H3. The van der Waals surface area contributed by atoms with Crippen LogP contribution >= 0.6 is 22.6 Å². The van der Waals surface area contributed by atoms with Crippen LogP contribution in [0, 0.1) is 3.57 Å². The highest BCUT2D eigenvalue weighted by atomic mass is 127. The van der Waals surface area contributed by atoms with Crippen LogP contribution in [-0.4, -0.2) is 24.3 Å². The minimum atomic E-state index is -1.44. The first-order valence-corrected chi connectivity index (χ1v) is 4.42. The molecule has 1 rings (SSSR count). The zero-order valence-corrected chi connectivity index (χ0v) is 8.65. The minimum absolute atomic E-state index is 0.443. The lowest BCUT2D eigenvalue weighted by Crippen LogP contribution is -2.29. The van der Waals surface area contributed by atoms with Gasteiger partial charge in [0, 0.05) is 3.57 Å². The second kappa shape index (κ2) is 4.11. The molecule has 1 aromatic rings. The number of ether oxygens (including phenoxy) is 1. The maximum Gasteiger partial charge on any atom is 0.488 e. The zero-order chi connectivity index (χ0) is 9.14. The molecule has 0 aromatic heterocycles. The quantitative estimate of drug-likeness (QED) is 0.590. The fourth-order valence-corrected chi connectivity index (χ4v) is 1.52. The van der Waals surface area contributed by atoms with Crippen molar-refractivity contribution in [3.05, 3.63) is 21.8 Å². The van der Waals surface area contributed by atoms with Gasteiger partial charge in [0.05, 0.1) is 7.11 Å². The van der Waals surface area contributed by atoms with E-state index in [1.165, 1.54) is 0 Å². The van der Waals surface area contributed by atoms with E-state index in [0.717, 1.165) is 3.57 Å². The van der Waals surface area contributed by atoms with Crippen LogP contribution in [0.25, 0.3) is 0 Å². The van der Waals surface area contributed by atoms with Crippen LogP contribution in [0.2, 0.25) is 0 Å². The van der Waals surface area contributed by atoms with Crippen LogP contribution in [0.5, 0.6) is 5.75 Å². The summed E-state index contributed by atoms with van der Waals surface area (Å²) >= 11 is 2.09. The average Bonchev–Trinajstić information content (AvgIpc) is 2.03. The molecule has 1 aromatic carbocycles. The summed E-state index contributed by atoms with van der Waals surface area (Å²) in [5.41, 5.74) is 0.443. The monoisotopic (exact) mass is 278 g/mol. The van der Waals surface area contributed by atoms with Crippen molar-refractivity contribution in [1.29, 1.82) is 0 Å². The van der Waals surface area contributed by atoms with E-state index in [2.05, 4.69) is 22.6 Å². The predicted molar refractivity (Wildman–Crippen MR) is 55.5 cm³/mol. The Balaban J connectivity index is 3.06. The van der Waals surface area contributed by atoms with Crippen molar-refractivity contribution in [2.45, 2.75) is 0 Å². The molecule has 0 atom stereocenters. The fraction of sp³-hybridized carbons (Fsp3) is 0.143. The molecule has 2 N–H and O–H groups in total. The van der Waals surface area contributed by atoms with E-state index in [0.29, 0.717) is 11.2 Å². The molecule has 64 valence electrons. The number of benzene rings is 1. The lowest BCUT2D eigenvalue weighted by atomic mass is 9.80. The van der Waals surface area contributed by atoms with Crippen molar-refractivity contribution in [3.8, 4) is 5.75 Å². The molecular weight excluding hydrogens is 270 g/mol. The van der Waals surface area contributed by atoms with E-state index in [9.17, 15) is 0 Å². The molecule has 0 aliphatic carbocycles. The lowest BCUT2D eigenvalue weighted by molar-refractivity contribution is 0.411. The normalized spacial score (nSPS) is 9.67. The Hall–Kier alpha value is -0.265. The Morgan fingerprint density at radius 1 is 1.33 bits per heavy atom. The van der Waals surface area contributed by atoms with Gasteiger partial charge in [0.15, 0.2) is 0 Å². The molecular formula is C7H8BIO3. The molecule has 0 aliphatic rings. The molecule has 0 heterocycles. The maximum atomic E-state index is 8.86. The molecule has 0 amide bonds. The molecule has 0 aliphatic heterocycles. The van der Waals surface area contributed by atoms with Crippen LogP contribution < -0.4 is 10.2 Å². The van der Waals surface area contributed by atoms with Crippen molar-refractivity contribution >= 4 is 35.2 Å². The molecule has 0 spiro atoms. The number of rotatable bonds is 2. The molecule has 0 bridgehead atoms. The summed E-state index contributed by atoms with van der Waals surface area (Å²) in [7, 11) is 0.104. The first kappa shape index (κ1) is 9.82. The topological polar surface area (TPSA) is 49.7 Å². The summed E-state index contributed by atoms with van der Waals surface area (Å²) in [6.07, 6.45) is 0. The highest BCUT2D eigenvalue weighted by Crippen LogP contribution is 2.12. The van der Waals surface area contributed by atoms with Crippen molar-refractivity contribution in [1.82, 2.24) is 0 Å². The third-order valence-corrected chi connectivity index (χ3v) is 2.05. The van der Waals surface area contributed by atoms with E-state index in [-0.39, 0.29) is 0 Å². The van der Waals surface area contributed by atoms with Crippen LogP contribution in [0.3, 0.4) is 0 Å². The number of hydrogen-bond donors (Lipinski definition) is 2. The zero-order valence-electron chi connectivity index (χ0n) is 6.49. The van der Waals surface area contributed by atoms with E-state index < -0.39 is 7.12 Å². The van der Waals surface area contributed by atoms with E-state index >= 15 is 0 Å². The van der Waals surface area contributed by atoms with Gasteiger partial charge in [-0.05, 0) is 46.3 Å². The Bertz CT molecular complexity index is 277. The number of halogens is 1. The van der Waals surface area contributed by atoms with E-state index in [1.54, 1.807) is 19.2 Å². The SMILES string of the molecule is COc1cc(I)cc(B(O)O)c1. The van der Waals surface area contributed by atoms with Crippen molar-refractivity contribution in [3.63, 3.8) is 0 Å². The summed E-state index contributed by atoms with van der Waals surface area (Å²) in [6.45, 7) is 0. The summed E-state index contributed by atoms with van der Waals surface area (Å²) < 4.78 is 5.87.